The minimum absolute atomic E-state index is 0.0922. The van der Waals surface area contributed by atoms with Gasteiger partial charge in [0.2, 0.25) is 5.91 Å². The fourth-order valence-electron chi connectivity index (χ4n) is 2.92. The third-order valence-electron chi connectivity index (χ3n) is 4.39. The van der Waals surface area contributed by atoms with E-state index < -0.39 is 18.0 Å². The summed E-state index contributed by atoms with van der Waals surface area (Å²) in [7, 11) is 1.54. The molecule has 1 aromatic rings. The van der Waals surface area contributed by atoms with Crippen LogP contribution in [0, 0.1) is 5.92 Å². The summed E-state index contributed by atoms with van der Waals surface area (Å²) in [5.74, 6) is -1.58. The highest BCUT2D eigenvalue weighted by Gasteiger charge is 2.37. The number of para-hydroxylation sites is 1. The largest absolute Gasteiger partial charge is 0.452 e. The molecule has 2 rings (SSSR count). The first-order valence-corrected chi connectivity index (χ1v) is 8.83. The summed E-state index contributed by atoms with van der Waals surface area (Å²) in [4.78, 5) is 38.3. The van der Waals surface area contributed by atoms with Crippen LogP contribution in [0.5, 0.6) is 0 Å². The van der Waals surface area contributed by atoms with Gasteiger partial charge in [-0.25, -0.2) is 0 Å². The number of rotatable bonds is 8. The number of esters is 1. The molecule has 1 saturated heterocycles. The lowest BCUT2D eigenvalue weighted by Crippen LogP contribution is -2.38. The molecule has 1 N–H and O–H groups in total. The maximum absolute atomic E-state index is 12.4. The molecule has 0 radical (unpaired) electrons. The molecule has 0 aliphatic carbocycles. The smallest absolute Gasteiger partial charge is 0.312 e. The first kappa shape index (κ1) is 19.9. The Morgan fingerprint density at radius 2 is 2.08 bits per heavy atom. The minimum Gasteiger partial charge on any atom is -0.452 e. The van der Waals surface area contributed by atoms with Crippen LogP contribution >= 0.6 is 0 Å². The van der Waals surface area contributed by atoms with E-state index in [2.05, 4.69) is 5.32 Å². The van der Waals surface area contributed by atoms with E-state index >= 15 is 0 Å². The Morgan fingerprint density at radius 1 is 1.35 bits per heavy atom. The van der Waals surface area contributed by atoms with Gasteiger partial charge in [-0.2, -0.15) is 0 Å². The number of carbonyl (C=O) groups is 3. The van der Waals surface area contributed by atoms with Crippen molar-refractivity contribution in [3.63, 3.8) is 0 Å². The number of ether oxygens (including phenoxy) is 2. The lowest BCUT2D eigenvalue weighted by molar-refractivity contribution is -0.158. The molecule has 0 spiro atoms. The Kier molecular flexibility index (Phi) is 7.15. The number of hydrogen-bond donors (Lipinski definition) is 1. The molecule has 0 aromatic heterocycles. The molecule has 0 bridgehead atoms. The first-order valence-electron chi connectivity index (χ1n) is 8.83. The van der Waals surface area contributed by atoms with Gasteiger partial charge >= 0.3 is 5.97 Å². The first-order chi connectivity index (χ1) is 12.5. The third kappa shape index (κ3) is 4.82. The van der Waals surface area contributed by atoms with E-state index in [9.17, 15) is 14.4 Å². The molecule has 7 heteroatoms. The van der Waals surface area contributed by atoms with Crippen LogP contribution in [0.25, 0.3) is 0 Å². The molecular weight excluding hydrogens is 336 g/mol. The van der Waals surface area contributed by atoms with Gasteiger partial charge in [0.25, 0.3) is 5.91 Å². The number of carbonyl (C=O) groups excluding carboxylic acids is 3. The molecule has 1 aromatic carbocycles. The quantitative estimate of drug-likeness (QED) is 0.556. The number of anilines is 1. The summed E-state index contributed by atoms with van der Waals surface area (Å²) in [6.07, 6.45) is -0.0192. The molecule has 2 amide bonds. The van der Waals surface area contributed by atoms with E-state index in [-0.39, 0.29) is 24.8 Å². The molecule has 1 fully saturated rings. The van der Waals surface area contributed by atoms with E-state index in [1.54, 1.807) is 4.90 Å². The van der Waals surface area contributed by atoms with Gasteiger partial charge in [0.05, 0.1) is 12.5 Å². The molecule has 1 aliphatic rings. The van der Waals surface area contributed by atoms with Crippen LogP contribution in [0.15, 0.2) is 24.3 Å². The highest BCUT2D eigenvalue weighted by Crippen LogP contribution is 2.29. The summed E-state index contributed by atoms with van der Waals surface area (Å²) >= 11 is 0. The second-order valence-electron chi connectivity index (χ2n) is 6.25. The van der Waals surface area contributed by atoms with Crippen LogP contribution in [-0.2, 0) is 30.3 Å². The van der Waals surface area contributed by atoms with Gasteiger partial charge in [-0.05, 0) is 25.0 Å². The lowest BCUT2D eigenvalue weighted by Gasteiger charge is -2.20. The normalized spacial score (nSPS) is 17.9. The van der Waals surface area contributed by atoms with Crippen LogP contribution in [0.3, 0.4) is 0 Å². The summed E-state index contributed by atoms with van der Waals surface area (Å²) in [6, 6.07) is 7.66. The van der Waals surface area contributed by atoms with Gasteiger partial charge in [-0.1, -0.05) is 25.1 Å². The minimum atomic E-state index is -0.911. The molecule has 1 heterocycles. The molecule has 7 nitrogen and oxygen atoms in total. The average molecular weight is 362 g/mol. The van der Waals surface area contributed by atoms with E-state index in [0.717, 1.165) is 17.7 Å². The van der Waals surface area contributed by atoms with Crippen molar-refractivity contribution in [3.8, 4) is 0 Å². The molecule has 2 atom stereocenters. The Morgan fingerprint density at radius 3 is 2.77 bits per heavy atom. The summed E-state index contributed by atoms with van der Waals surface area (Å²) in [5.41, 5.74) is 1.89. The zero-order chi connectivity index (χ0) is 19.1. The van der Waals surface area contributed by atoms with Gasteiger partial charge in [-0.3, -0.25) is 14.4 Å². The topological polar surface area (TPSA) is 84.9 Å². The van der Waals surface area contributed by atoms with Crippen molar-refractivity contribution < 1.29 is 23.9 Å². The summed E-state index contributed by atoms with van der Waals surface area (Å²) in [5, 5.41) is 2.62. The van der Waals surface area contributed by atoms with E-state index in [4.69, 9.17) is 9.47 Å². The average Bonchev–Trinajstić information content (AvgIpc) is 3.03. The van der Waals surface area contributed by atoms with Crippen LogP contribution in [0.2, 0.25) is 0 Å². The zero-order valence-corrected chi connectivity index (χ0v) is 15.5. The van der Waals surface area contributed by atoms with E-state index in [0.29, 0.717) is 13.2 Å². The van der Waals surface area contributed by atoms with Crippen molar-refractivity contribution in [2.45, 2.75) is 32.8 Å². The van der Waals surface area contributed by atoms with Gasteiger partial charge in [0.1, 0.15) is 0 Å². The fourth-order valence-corrected chi connectivity index (χ4v) is 2.92. The molecule has 0 unspecified atom stereocenters. The summed E-state index contributed by atoms with van der Waals surface area (Å²) < 4.78 is 10.1. The monoisotopic (exact) mass is 362 g/mol. The van der Waals surface area contributed by atoms with Gasteiger partial charge in [-0.15, -0.1) is 0 Å². The van der Waals surface area contributed by atoms with Gasteiger partial charge in [0.15, 0.2) is 6.10 Å². The van der Waals surface area contributed by atoms with Crippen molar-refractivity contribution in [1.29, 1.82) is 0 Å². The standard InChI is InChI=1S/C19H26N2O5/c1-4-14-7-5-6-8-16(14)21-12-15(11-17(21)22)19(24)26-13(2)18(23)20-9-10-25-3/h5-8,13,15H,4,9-12H2,1-3H3,(H,20,23)/t13-,15-/m0/s1. The van der Waals surface area contributed by atoms with Crippen LogP contribution in [0.4, 0.5) is 5.69 Å². The molecule has 26 heavy (non-hydrogen) atoms. The molecule has 1 aliphatic heterocycles. The Labute approximate surface area is 153 Å². The van der Waals surface area contributed by atoms with Crippen molar-refractivity contribution in [3.05, 3.63) is 29.8 Å². The molecule has 0 saturated carbocycles. The Hall–Kier alpha value is -2.41. The SMILES string of the molecule is CCc1ccccc1N1C[C@@H](C(=O)O[C@@H](C)C(=O)NCCOC)CC1=O. The van der Waals surface area contributed by atoms with Crippen LogP contribution in [0.1, 0.15) is 25.8 Å². The second-order valence-corrected chi connectivity index (χ2v) is 6.25. The number of aryl methyl sites for hydroxylation is 1. The number of methoxy groups -OCH3 is 1. The predicted octanol–water partition coefficient (Wildman–Crippen LogP) is 1.30. The van der Waals surface area contributed by atoms with E-state index in [1.165, 1.54) is 14.0 Å². The lowest BCUT2D eigenvalue weighted by atomic mass is 10.1. The molecule has 142 valence electrons. The van der Waals surface area contributed by atoms with Gasteiger partial charge < -0.3 is 19.7 Å². The number of hydrogen-bond acceptors (Lipinski definition) is 5. The number of nitrogens with one attached hydrogen (secondary N) is 1. The fraction of sp³-hybridized carbons (Fsp3) is 0.526. The molecular formula is C19H26N2O5. The number of amides is 2. The highest BCUT2D eigenvalue weighted by atomic mass is 16.5. The third-order valence-corrected chi connectivity index (χ3v) is 4.39. The highest BCUT2D eigenvalue weighted by molar-refractivity contribution is 6.00. The van der Waals surface area contributed by atoms with Crippen molar-refractivity contribution in [2.75, 3.05) is 31.7 Å². The Balaban J connectivity index is 1.95. The summed E-state index contributed by atoms with van der Waals surface area (Å²) in [6.45, 7) is 4.54. The number of nitrogens with zero attached hydrogens (tertiary/aromatic N) is 1. The van der Waals surface area contributed by atoms with Crippen LogP contribution < -0.4 is 10.2 Å². The maximum Gasteiger partial charge on any atom is 0.312 e. The predicted molar refractivity (Wildman–Crippen MR) is 96.7 cm³/mol. The van der Waals surface area contributed by atoms with Crippen molar-refractivity contribution >= 4 is 23.5 Å². The van der Waals surface area contributed by atoms with Crippen molar-refractivity contribution in [2.24, 2.45) is 5.92 Å². The van der Waals surface area contributed by atoms with Gasteiger partial charge in [0, 0.05) is 32.3 Å². The zero-order valence-electron chi connectivity index (χ0n) is 15.5. The number of benzene rings is 1. The second kappa shape index (κ2) is 9.33. The Bertz CT molecular complexity index is 661. The van der Waals surface area contributed by atoms with Crippen LogP contribution in [-0.4, -0.2) is 50.7 Å². The van der Waals surface area contributed by atoms with E-state index in [1.807, 2.05) is 31.2 Å². The van der Waals surface area contributed by atoms with Crippen molar-refractivity contribution in [1.82, 2.24) is 5.32 Å². The maximum atomic E-state index is 12.4.